The van der Waals surface area contributed by atoms with Crippen LogP contribution in [0.2, 0.25) is 0 Å². The molecule has 11 unspecified atom stereocenters. The molecule has 3 aliphatic rings. The van der Waals surface area contributed by atoms with Crippen molar-refractivity contribution < 1.29 is 78.4 Å². The Bertz CT molecular complexity index is 1660. The summed E-state index contributed by atoms with van der Waals surface area (Å²) in [6, 6.07) is 0. The Kier molecular flexibility index (Phi) is 20.2. The zero-order valence-electron chi connectivity index (χ0n) is 38.7. The molecule has 2 saturated heterocycles. The summed E-state index contributed by atoms with van der Waals surface area (Å²) < 4.78 is 46.8. The summed E-state index contributed by atoms with van der Waals surface area (Å²) in [5, 5.41) is 78.6. The van der Waals surface area contributed by atoms with Gasteiger partial charge < -0.3 is 73.6 Å². The van der Waals surface area contributed by atoms with Crippen molar-refractivity contribution in [3.8, 4) is 0 Å². The molecule has 3 heterocycles. The van der Waals surface area contributed by atoms with Gasteiger partial charge >= 0.3 is 5.97 Å². The highest BCUT2D eigenvalue weighted by Gasteiger charge is 2.62. The van der Waals surface area contributed by atoms with Crippen LogP contribution in [0.3, 0.4) is 0 Å². The molecule has 16 heteroatoms. The van der Waals surface area contributed by atoms with Crippen LogP contribution in [-0.2, 0) is 42.7 Å². The Balaban J connectivity index is 2.16. The number of ether oxygens (including phenoxy) is 8. The quantitative estimate of drug-likeness (QED) is 0.117. The fourth-order valence-corrected chi connectivity index (χ4v) is 8.41. The predicted octanol–water partition coefficient (Wildman–Crippen LogP) is 3.07. The molecule has 0 saturated carbocycles. The van der Waals surface area contributed by atoms with E-state index in [1.807, 2.05) is 45.9 Å². The van der Waals surface area contributed by atoms with Crippen molar-refractivity contribution in [3.05, 3.63) is 70.1 Å². The van der Waals surface area contributed by atoms with Crippen LogP contribution in [0, 0.1) is 11.8 Å². The highest BCUT2D eigenvalue weighted by atomic mass is 16.7. The van der Waals surface area contributed by atoms with Crippen molar-refractivity contribution in [3.63, 3.8) is 0 Å². The first-order valence-corrected chi connectivity index (χ1v) is 21.2. The maximum absolute atomic E-state index is 14.0. The van der Waals surface area contributed by atoms with Crippen molar-refractivity contribution in [1.82, 2.24) is 0 Å². The number of methoxy groups -OCH3 is 4. The molecule has 0 spiro atoms. The van der Waals surface area contributed by atoms with E-state index in [2.05, 4.69) is 0 Å². The minimum atomic E-state index is -2.32. The summed E-state index contributed by atoms with van der Waals surface area (Å²) in [5.74, 6) is -4.31. The Hall–Kier alpha value is -2.81. The number of hydrogen-bond acceptors (Lipinski definition) is 16. The summed E-state index contributed by atoms with van der Waals surface area (Å²) in [7, 11) is 5.64. The van der Waals surface area contributed by atoms with Gasteiger partial charge in [-0.2, -0.15) is 0 Å². The molecule has 0 aliphatic carbocycles. The zero-order chi connectivity index (χ0) is 46.9. The van der Waals surface area contributed by atoms with Crippen molar-refractivity contribution in [2.24, 2.45) is 11.8 Å². The Morgan fingerprint density at radius 3 is 2.08 bits per heavy atom. The summed E-state index contributed by atoms with van der Waals surface area (Å²) in [4.78, 5) is 14.0. The topological polar surface area (TPSA) is 233 Å². The van der Waals surface area contributed by atoms with Gasteiger partial charge in [0.1, 0.15) is 48.0 Å². The maximum Gasteiger partial charge on any atom is 0.334 e. The van der Waals surface area contributed by atoms with Crippen LogP contribution in [0.4, 0.5) is 0 Å². The minimum Gasteiger partial charge on any atom is -0.497 e. The highest BCUT2D eigenvalue weighted by molar-refractivity contribution is 5.88. The van der Waals surface area contributed by atoms with Crippen LogP contribution in [0.25, 0.3) is 0 Å². The number of aliphatic hydroxyl groups excluding tert-OH is 5. The molecule has 2 fully saturated rings. The molecule has 0 bridgehead atoms. The van der Waals surface area contributed by atoms with E-state index in [-0.39, 0.29) is 24.3 Å². The second-order valence-electron chi connectivity index (χ2n) is 17.3. The second kappa shape index (κ2) is 23.4. The van der Waals surface area contributed by atoms with Gasteiger partial charge in [-0.15, -0.1) is 0 Å². The number of allylic oxidation sites excluding steroid dienone is 7. The molecule has 0 aromatic rings. The van der Waals surface area contributed by atoms with Crippen molar-refractivity contribution in [2.45, 2.75) is 166 Å². The van der Waals surface area contributed by atoms with Crippen LogP contribution in [0.15, 0.2) is 70.1 Å². The lowest BCUT2D eigenvalue weighted by atomic mass is 9.75. The third-order valence-electron chi connectivity index (χ3n) is 12.1. The Labute approximate surface area is 367 Å². The lowest BCUT2D eigenvalue weighted by Gasteiger charge is -2.54. The van der Waals surface area contributed by atoms with Crippen LogP contribution in [0.5, 0.6) is 0 Å². The summed E-state index contributed by atoms with van der Waals surface area (Å²) >= 11 is 0. The molecule has 0 amide bonds. The second-order valence-corrected chi connectivity index (χ2v) is 17.3. The van der Waals surface area contributed by atoms with Crippen LogP contribution in [-0.4, -0.2) is 162 Å². The number of rotatable bonds is 11. The maximum atomic E-state index is 14.0. The largest absolute Gasteiger partial charge is 0.497 e. The molecule has 0 aromatic heterocycles. The molecular weight excluding hydrogens is 808 g/mol. The highest BCUT2D eigenvalue weighted by Crippen LogP contribution is 2.44. The lowest BCUT2D eigenvalue weighted by Crippen LogP contribution is -2.72. The van der Waals surface area contributed by atoms with E-state index in [0.717, 1.165) is 16.7 Å². The average Bonchev–Trinajstić information content (AvgIpc) is 3.20. The average molecular weight is 883 g/mol. The van der Waals surface area contributed by atoms with E-state index >= 15 is 0 Å². The van der Waals surface area contributed by atoms with E-state index in [9.17, 15) is 40.5 Å². The molecule has 3 aliphatic heterocycles. The summed E-state index contributed by atoms with van der Waals surface area (Å²) in [6.07, 6.45) is -3.80. The Morgan fingerprint density at radius 2 is 1.48 bits per heavy atom. The molecule has 354 valence electrons. The van der Waals surface area contributed by atoms with Gasteiger partial charge in [-0.3, -0.25) is 0 Å². The van der Waals surface area contributed by atoms with E-state index < -0.39 is 96.7 Å². The number of cyclic esters (lactones) is 1. The summed E-state index contributed by atoms with van der Waals surface area (Å²) in [5.41, 5.74) is 1.19. The van der Waals surface area contributed by atoms with Gasteiger partial charge in [0.15, 0.2) is 6.29 Å². The third kappa shape index (κ3) is 13.1. The van der Waals surface area contributed by atoms with Gasteiger partial charge in [-0.05, 0) is 79.0 Å². The number of hydrogen-bond donors (Lipinski definition) is 7. The van der Waals surface area contributed by atoms with Crippen LogP contribution < -0.4 is 0 Å². The van der Waals surface area contributed by atoms with Gasteiger partial charge in [0.05, 0.1) is 43.5 Å². The predicted molar refractivity (Wildman–Crippen MR) is 229 cm³/mol. The fourth-order valence-electron chi connectivity index (χ4n) is 8.41. The smallest absolute Gasteiger partial charge is 0.334 e. The molecule has 0 aromatic carbocycles. The minimum absolute atomic E-state index is 0.120. The SMILES string of the molecule is COCCCC1OC(O)(C(C)C2CC(OC)C(O)/C=C(C)/C=C(C)/C=C(\C)C(O[C@@H]3O[C@@H](C)[C@H](O)[C@@H](O)[C@@H]3O)C(C)/C=C(C)/C=C(OC)/C=C(\C)C(=O)O2)C(OC)C(O)C1(C)O. The van der Waals surface area contributed by atoms with E-state index in [1.54, 1.807) is 32.9 Å². The first-order chi connectivity index (χ1) is 29.0. The number of esters is 1. The molecular formula is C46H74O16. The van der Waals surface area contributed by atoms with E-state index in [0.29, 0.717) is 24.4 Å². The molecule has 16 nitrogen and oxygen atoms in total. The van der Waals surface area contributed by atoms with Gasteiger partial charge in [-0.1, -0.05) is 54.9 Å². The van der Waals surface area contributed by atoms with E-state index in [4.69, 9.17) is 37.9 Å². The Morgan fingerprint density at radius 1 is 0.839 bits per heavy atom. The van der Waals surface area contributed by atoms with Crippen molar-refractivity contribution in [1.29, 1.82) is 0 Å². The fraction of sp³-hybridized carbons (Fsp3) is 0.717. The van der Waals surface area contributed by atoms with Gasteiger partial charge in [0, 0.05) is 45.8 Å². The van der Waals surface area contributed by atoms with E-state index in [1.165, 1.54) is 48.4 Å². The van der Waals surface area contributed by atoms with Gasteiger partial charge in [0.2, 0.25) is 5.79 Å². The monoisotopic (exact) mass is 882 g/mol. The summed E-state index contributed by atoms with van der Waals surface area (Å²) in [6.45, 7) is 15.7. The zero-order valence-corrected chi connectivity index (χ0v) is 38.7. The van der Waals surface area contributed by atoms with Crippen LogP contribution >= 0.6 is 0 Å². The molecule has 7 N–H and O–H groups in total. The molecule has 62 heavy (non-hydrogen) atoms. The molecule has 0 radical (unpaired) electrons. The number of carbonyl (C=O) groups is 1. The van der Waals surface area contributed by atoms with Crippen LogP contribution in [0.1, 0.15) is 81.6 Å². The molecule has 3 rings (SSSR count). The number of aliphatic hydroxyl groups is 7. The van der Waals surface area contributed by atoms with Crippen molar-refractivity contribution in [2.75, 3.05) is 35.0 Å². The van der Waals surface area contributed by atoms with Gasteiger partial charge in [0.25, 0.3) is 0 Å². The lowest BCUT2D eigenvalue weighted by molar-refractivity contribution is -0.393. The first kappa shape index (κ1) is 53.5. The standard InChI is InChI=1S/C46H74O16/c1-24-17-25(2)21-33(47)35(57-12)23-34(30(7)46(54)42(58-13)41(51)45(9,53)36(62-46)15-14-16-55-10)60-43(52)29(6)22-32(56-11)20-26(3)19-28(5)40(27(4)18-24)61-44-39(50)38(49)37(48)31(8)59-44/h17-22,28,30-31,33-42,44,47-51,53-54H,14-16,23H2,1-13H3/b24-17+,25-21+,26-19+,27-18+,29-22+,32-20-/t28?,30?,31-,33?,34?,35?,36?,37-,38+,39-,40?,41?,42?,44-,45?,46?/m0/s1. The number of carbonyl (C=O) groups excluding carboxylic acids is 1. The van der Waals surface area contributed by atoms with Gasteiger partial charge in [-0.25, -0.2) is 4.79 Å². The normalized spacial score (nSPS) is 44.3. The van der Waals surface area contributed by atoms with Crippen molar-refractivity contribution >= 4 is 5.97 Å². The first-order valence-electron chi connectivity index (χ1n) is 21.2. The molecule has 16 atom stereocenters. The third-order valence-corrected chi connectivity index (χ3v) is 12.1.